The van der Waals surface area contributed by atoms with Crippen LogP contribution in [0, 0.1) is 28.4 Å². The van der Waals surface area contributed by atoms with Crippen molar-refractivity contribution in [3.05, 3.63) is 92.0 Å². The van der Waals surface area contributed by atoms with Gasteiger partial charge in [-0.3, -0.25) is 10.1 Å². The van der Waals surface area contributed by atoms with Crippen LogP contribution in [-0.2, 0) is 4.74 Å². The first-order chi connectivity index (χ1) is 14.1. The van der Waals surface area contributed by atoms with Crippen LogP contribution in [0.25, 0.3) is 0 Å². The van der Waals surface area contributed by atoms with E-state index >= 15 is 0 Å². The van der Waals surface area contributed by atoms with Crippen LogP contribution in [0.15, 0.2) is 70.2 Å². The summed E-state index contributed by atoms with van der Waals surface area (Å²) in [7, 11) is 0. The Morgan fingerprint density at radius 1 is 1.21 bits per heavy atom. The van der Waals surface area contributed by atoms with Crippen molar-refractivity contribution in [3.63, 3.8) is 0 Å². The van der Waals surface area contributed by atoms with E-state index in [0.717, 1.165) is 16.7 Å². The molecule has 0 saturated heterocycles. The molecule has 0 saturated carbocycles. The Hall–Kier alpha value is -3.11. The summed E-state index contributed by atoms with van der Waals surface area (Å²) < 4.78 is 5.22. The van der Waals surface area contributed by atoms with E-state index in [1.807, 2.05) is 68.4 Å². The van der Waals surface area contributed by atoms with Crippen LogP contribution < -0.4 is 0 Å². The summed E-state index contributed by atoms with van der Waals surface area (Å²) >= 11 is 1.24. The van der Waals surface area contributed by atoms with Crippen molar-refractivity contribution < 1.29 is 9.66 Å². The Balaban J connectivity index is 2.19. The molecule has 2 aromatic carbocycles. The van der Waals surface area contributed by atoms with Crippen LogP contribution >= 0.6 is 11.8 Å². The molecule has 148 valence electrons. The second-order valence-corrected chi connectivity index (χ2v) is 7.76. The minimum Gasteiger partial charge on any atom is -0.483 e. The van der Waals surface area contributed by atoms with E-state index in [0.29, 0.717) is 17.2 Å². The molecule has 1 aliphatic rings. The number of nitrogens with zero attached hydrogens (tertiary/aromatic N) is 3. The zero-order chi connectivity index (χ0) is 20.8. The molecule has 0 radical (unpaired) electrons. The summed E-state index contributed by atoms with van der Waals surface area (Å²) in [6, 6.07) is 18.1. The number of hydrogen-bond donors (Lipinski definition) is 0. The first-order valence-corrected chi connectivity index (χ1v) is 10.1. The molecule has 1 aliphatic heterocycles. The molecule has 0 fully saturated rings. The van der Waals surface area contributed by atoms with Crippen molar-refractivity contribution in [1.29, 1.82) is 5.26 Å². The van der Waals surface area contributed by atoms with E-state index < -0.39 is 17.2 Å². The molecular weight excluding hydrogens is 386 g/mol. The van der Waals surface area contributed by atoms with Crippen molar-refractivity contribution >= 4 is 18.2 Å². The van der Waals surface area contributed by atoms with Gasteiger partial charge in [-0.25, -0.2) is 4.99 Å². The SMILES string of the molecule is CCOC=NC1=C(C#N)[C@H](c2ccc(C)cc2)[C@H]([N+](=O)[O-])[C@@H](c2ccccc2)S1. The molecule has 7 heteroatoms. The predicted molar refractivity (Wildman–Crippen MR) is 114 cm³/mol. The average molecular weight is 407 g/mol. The normalized spacial score (nSPS) is 21.8. The van der Waals surface area contributed by atoms with Gasteiger partial charge in [0.1, 0.15) is 10.3 Å². The van der Waals surface area contributed by atoms with E-state index in [4.69, 9.17) is 4.74 Å². The Morgan fingerprint density at radius 3 is 2.48 bits per heavy atom. The Morgan fingerprint density at radius 2 is 1.90 bits per heavy atom. The van der Waals surface area contributed by atoms with Gasteiger partial charge in [0.2, 0.25) is 6.04 Å². The van der Waals surface area contributed by atoms with Gasteiger partial charge in [0.25, 0.3) is 0 Å². The van der Waals surface area contributed by atoms with Crippen molar-refractivity contribution in [1.82, 2.24) is 0 Å². The molecule has 0 N–H and O–H groups in total. The lowest BCUT2D eigenvalue weighted by Crippen LogP contribution is -2.36. The minimum absolute atomic E-state index is 0.268. The molecular formula is C22H21N3O3S. The zero-order valence-electron chi connectivity index (χ0n) is 16.2. The van der Waals surface area contributed by atoms with Gasteiger partial charge in [0.15, 0.2) is 6.40 Å². The first kappa shape index (κ1) is 20.6. The summed E-state index contributed by atoms with van der Waals surface area (Å²) in [5.74, 6) is -0.698. The summed E-state index contributed by atoms with van der Waals surface area (Å²) in [5, 5.41) is 22.1. The van der Waals surface area contributed by atoms with Crippen LogP contribution in [0.3, 0.4) is 0 Å². The largest absolute Gasteiger partial charge is 0.483 e. The number of nitro groups is 1. The summed E-state index contributed by atoms with van der Waals surface area (Å²) in [4.78, 5) is 16.3. The molecule has 3 rings (SSSR count). The van der Waals surface area contributed by atoms with Crippen molar-refractivity contribution in [3.8, 4) is 6.07 Å². The van der Waals surface area contributed by atoms with E-state index in [-0.39, 0.29) is 4.92 Å². The number of nitriles is 1. The van der Waals surface area contributed by atoms with Gasteiger partial charge in [0, 0.05) is 4.92 Å². The molecule has 1 heterocycles. The molecule has 0 aromatic heterocycles. The number of thioether (sulfide) groups is 1. The molecule has 29 heavy (non-hydrogen) atoms. The summed E-state index contributed by atoms with van der Waals surface area (Å²) in [6.45, 7) is 4.24. The second kappa shape index (κ2) is 9.39. The molecule has 0 bridgehead atoms. The number of ether oxygens (including phenoxy) is 1. The summed E-state index contributed by atoms with van der Waals surface area (Å²) in [5.41, 5.74) is 2.91. The Labute approximate surface area is 174 Å². The number of aryl methyl sites for hydroxylation is 1. The molecule has 0 spiro atoms. The minimum atomic E-state index is -0.995. The molecule has 0 aliphatic carbocycles. The number of aliphatic imine (C=N–C) groups is 1. The number of hydrogen-bond acceptors (Lipinski definition) is 6. The topological polar surface area (TPSA) is 88.5 Å². The van der Waals surface area contributed by atoms with E-state index in [2.05, 4.69) is 11.1 Å². The van der Waals surface area contributed by atoms with Crippen LogP contribution in [-0.4, -0.2) is 24.0 Å². The maximum Gasteiger partial charge on any atom is 0.240 e. The average Bonchev–Trinajstić information content (AvgIpc) is 2.74. The Bertz CT molecular complexity index is 965. The lowest BCUT2D eigenvalue weighted by Gasteiger charge is -2.32. The van der Waals surface area contributed by atoms with Gasteiger partial charge in [-0.05, 0) is 25.0 Å². The molecule has 3 atom stereocenters. The van der Waals surface area contributed by atoms with Crippen molar-refractivity contribution in [2.24, 2.45) is 4.99 Å². The van der Waals surface area contributed by atoms with Crippen LogP contribution in [0.5, 0.6) is 0 Å². The Kier molecular flexibility index (Phi) is 6.68. The third-order valence-corrected chi connectivity index (χ3v) is 6.12. The highest BCUT2D eigenvalue weighted by Crippen LogP contribution is 2.52. The standard InChI is InChI=1S/C22H21N3O3S/c1-3-28-14-24-22-18(13-23)19(16-11-9-15(2)10-12-16)20(25(26)27)21(29-22)17-7-5-4-6-8-17/h4-12,14,19-21H,3H2,1-2H3/t19-,20-,21+/m0/s1. The van der Waals surface area contributed by atoms with Crippen molar-refractivity contribution in [2.45, 2.75) is 31.1 Å². The van der Waals surface area contributed by atoms with Crippen LogP contribution in [0.4, 0.5) is 0 Å². The van der Waals surface area contributed by atoms with Gasteiger partial charge in [-0.15, -0.1) is 0 Å². The quantitative estimate of drug-likeness (QED) is 0.291. The van der Waals surface area contributed by atoms with Gasteiger partial charge < -0.3 is 4.74 Å². The smallest absolute Gasteiger partial charge is 0.240 e. The lowest BCUT2D eigenvalue weighted by molar-refractivity contribution is -0.525. The fraction of sp³-hybridized carbons (Fsp3) is 0.273. The third kappa shape index (κ3) is 4.49. The van der Waals surface area contributed by atoms with Gasteiger partial charge >= 0.3 is 0 Å². The maximum absolute atomic E-state index is 12.2. The highest BCUT2D eigenvalue weighted by Gasteiger charge is 2.48. The molecule has 6 nitrogen and oxygen atoms in total. The fourth-order valence-electron chi connectivity index (χ4n) is 3.39. The highest BCUT2D eigenvalue weighted by atomic mass is 32.2. The van der Waals surface area contributed by atoms with Gasteiger partial charge in [0.05, 0.1) is 24.2 Å². The lowest BCUT2D eigenvalue weighted by atomic mass is 9.82. The van der Waals surface area contributed by atoms with Crippen molar-refractivity contribution in [2.75, 3.05) is 6.61 Å². The van der Waals surface area contributed by atoms with Gasteiger partial charge in [-0.2, -0.15) is 5.26 Å². The number of rotatable bonds is 6. The first-order valence-electron chi connectivity index (χ1n) is 9.26. The molecule has 0 unspecified atom stereocenters. The monoisotopic (exact) mass is 407 g/mol. The van der Waals surface area contributed by atoms with Crippen LogP contribution in [0.1, 0.15) is 34.8 Å². The molecule has 0 amide bonds. The summed E-state index contributed by atoms with van der Waals surface area (Å²) in [6.07, 6.45) is 1.31. The fourth-order valence-corrected chi connectivity index (χ4v) is 4.72. The highest BCUT2D eigenvalue weighted by molar-refractivity contribution is 8.03. The van der Waals surface area contributed by atoms with E-state index in [1.54, 1.807) is 0 Å². The zero-order valence-corrected chi connectivity index (χ0v) is 17.0. The third-order valence-electron chi connectivity index (χ3n) is 4.77. The van der Waals surface area contributed by atoms with E-state index in [9.17, 15) is 15.4 Å². The second-order valence-electron chi connectivity index (χ2n) is 6.63. The molecule has 2 aromatic rings. The predicted octanol–water partition coefficient (Wildman–Crippen LogP) is 5.01. The number of benzene rings is 2. The van der Waals surface area contributed by atoms with Crippen LogP contribution in [0.2, 0.25) is 0 Å². The van der Waals surface area contributed by atoms with E-state index in [1.165, 1.54) is 18.2 Å². The maximum atomic E-state index is 12.2. The van der Waals surface area contributed by atoms with Gasteiger partial charge in [-0.1, -0.05) is 71.9 Å².